The number of aliphatic hydroxyl groups is 2. The average Bonchev–Trinajstić information content (AvgIpc) is 4.03. The van der Waals surface area contributed by atoms with Crippen LogP contribution in [0.3, 0.4) is 0 Å². The third-order valence-corrected chi connectivity index (χ3v) is 10.8. The molecule has 4 heterocycles. The smallest absolute Gasteiger partial charge is 0.264 e. The van der Waals surface area contributed by atoms with E-state index in [-0.39, 0.29) is 43.0 Å². The van der Waals surface area contributed by atoms with Crippen LogP contribution in [-0.4, -0.2) is 74.7 Å². The molecule has 13 nitrogen and oxygen atoms in total. The van der Waals surface area contributed by atoms with Gasteiger partial charge < -0.3 is 36.4 Å². The molecule has 1 unspecified atom stereocenters. The summed E-state index contributed by atoms with van der Waals surface area (Å²) >= 11 is 0. The summed E-state index contributed by atoms with van der Waals surface area (Å²) in [7, 11) is 0. The summed E-state index contributed by atoms with van der Waals surface area (Å²) in [4.78, 5) is 41.5. The van der Waals surface area contributed by atoms with Crippen LogP contribution in [0.4, 0.5) is 17.1 Å². The van der Waals surface area contributed by atoms with E-state index in [1.54, 1.807) is 27.8 Å². The van der Waals surface area contributed by atoms with Gasteiger partial charge in [-0.25, -0.2) is 0 Å². The zero-order valence-corrected chi connectivity index (χ0v) is 30.4. The third-order valence-electron chi connectivity index (χ3n) is 10.8. The fourth-order valence-electron chi connectivity index (χ4n) is 7.62. The summed E-state index contributed by atoms with van der Waals surface area (Å²) < 4.78 is 1.72. The van der Waals surface area contributed by atoms with Gasteiger partial charge in [0, 0.05) is 35.6 Å². The normalized spacial score (nSPS) is 22.1. The minimum Gasteiger partial charge on any atom is -0.395 e. The number of anilines is 3. The zero-order chi connectivity index (χ0) is 37.7. The van der Waals surface area contributed by atoms with E-state index in [0.717, 1.165) is 49.9 Å². The van der Waals surface area contributed by atoms with Gasteiger partial charge in [0.05, 0.1) is 42.5 Å². The maximum Gasteiger partial charge on any atom is 0.264 e. The quantitative estimate of drug-likeness (QED) is 0.106. The van der Waals surface area contributed by atoms with Crippen molar-refractivity contribution in [3.63, 3.8) is 0 Å². The van der Waals surface area contributed by atoms with Crippen LogP contribution in [0.15, 0.2) is 91.1 Å². The molecule has 54 heavy (non-hydrogen) atoms. The van der Waals surface area contributed by atoms with E-state index < -0.39 is 17.4 Å². The van der Waals surface area contributed by atoms with Gasteiger partial charge in [0.1, 0.15) is 0 Å². The number of carbonyl (C=O) groups excluding carboxylic acids is 3. The highest BCUT2D eigenvalue weighted by atomic mass is 16.3. The Morgan fingerprint density at radius 2 is 1.63 bits per heavy atom. The highest BCUT2D eigenvalue weighted by Crippen LogP contribution is 2.47. The Bertz CT molecular complexity index is 1970. The highest BCUT2D eigenvalue weighted by Gasteiger charge is 2.52. The molecule has 6 N–H and O–H groups in total. The van der Waals surface area contributed by atoms with E-state index in [1.165, 1.54) is 0 Å². The second-order valence-electron chi connectivity index (χ2n) is 14.4. The molecule has 0 saturated carbocycles. The maximum absolute atomic E-state index is 14.3. The van der Waals surface area contributed by atoms with Crippen molar-refractivity contribution in [3.05, 3.63) is 114 Å². The molecule has 2 saturated heterocycles. The van der Waals surface area contributed by atoms with Gasteiger partial charge in [-0.2, -0.15) is 0 Å². The number of nitrogens with one attached hydrogen (secondary N) is 4. The number of nitrogens with zero attached hydrogens (tertiary/aromatic N) is 4. The molecule has 282 valence electrons. The molecule has 0 aliphatic carbocycles. The van der Waals surface area contributed by atoms with Crippen molar-refractivity contribution in [2.45, 2.75) is 75.7 Å². The molecule has 13 heteroatoms. The Morgan fingerprint density at radius 3 is 2.28 bits per heavy atom. The third kappa shape index (κ3) is 7.85. The molecule has 0 bridgehead atoms. The van der Waals surface area contributed by atoms with Crippen LogP contribution in [0.5, 0.6) is 0 Å². The van der Waals surface area contributed by atoms with Gasteiger partial charge in [-0.3, -0.25) is 19.1 Å². The van der Waals surface area contributed by atoms with Gasteiger partial charge in [-0.15, -0.1) is 5.10 Å². The molecular formula is C41H48N8O5. The first-order valence-electron chi connectivity index (χ1n) is 18.8. The molecule has 2 fully saturated rings. The van der Waals surface area contributed by atoms with Crippen molar-refractivity contribution in [2.75, 3.05) is 35.2 Å². The van der Waals surface area contributed by atoms with Gasteiger partial charge in [0.15, 0.2) is 5.60 Å². The van der Waals surface area contributed by atoms with Crippen LogP contribution in [-0.2, 0) is 33.1 Å². The van der Waals surface area contributed by atoms with E-state index >= 15 is 0 Å². The molecule has 7 rings (SSSR count). The summed E-state index contributed by atoms with van der Waals surface area (Å²) in [6, 6.07) is 21.8. The molecule has 3 aromatic carbocycles. The average molecular weight is 733 g/mol. The van der Waals surface area contributed by atoms with E-state index in [0.29, 0.717) is 41.3 Å². The number of aliphatic hydroxyl groups excluding tert-OH is 1. The first-order valence-corrected chi connectivity index (χ1v) is 18.8. The van der Waals surface area contributed by atoms with E-state index in [9.17, 15) is 24.6 Å². The molecule has 1 aromatic heterocycles. The molecule has 3 aliphatic heterocycles. The lowest BCUT2D eigenvalue weighted by Gasteiger charge is -2.28. The van der Waals surface area contributed by atoms with Crippen molar-refractivity contribution >= 4 is 34.8 Å². The van der Waals surface area contributed by atoms with Crippen LogP contribution in [0.25, 0.3) is 0 Å². The van der Waals surface area contributed by atoms with Crippen LogP contribution < -0.4 is 26.2 Å². The van der Waals surface area contributed by atoms with Crippen LogP contribution in [0.2, 0.25) is 0 Å². The number of fused-ring (bicyclic) bond motifs is 1. The summed E-state index contributed by atoms with van der Waals surface area (Å²) in [6.07, 6.45) is 9.61. The summed E-state index contributed by atoms with van der Waals surface area (Å²) in [5, 5.41) is 43.3. The lowest BCUT2D eigenvalue weighted by atomic mass is 9.82. The first-order chi connectivity index (χ1) is 26.2. The van der Waals surface area contributed by atoms with E-state index in [2.05, 4.69) is 31.6 Å². The predicted molar refractivity (Wildman–Crippen MR) is 206 cm³/mol. The predicted octanol–water partition coefficient (Wildman–Crippen LogP) is 3.80. The zero-order valence-electron chi connectivity index (χ0n) is 30.4. The molecule has 5 atom stereocenters. The fraction of sp³-hybridized carbons (Fsp3) is 0.390. The van der Waals surface area contributed by atoms with Crippen molar-refractivity contribution in [1.82, 2.24) is 25.6 Å². The largest absolute Gasteiger partial charge is 0.395 e. The van der Waals surface area contributed by atoms with Gasteiger partial charge in [-0.05, 0) is 86.7 Å². The number of amides is 3. The Balaban J connectivity index is 1.07. The first kappa shape index (κ1) is 37.1. The summed E-state index contributed by atoms with van der Waals surface area (Å²) in [6.45, 7) is 4.06. The van der Waals surface area contributed by atoms with Gasteiger partial charge in [0.2, 0.25) is 11.8 Å². The number of hydrogen-bond acceptors (Lipinski definition) is 9. The van der Waals surface area contributed by atoms with Crippen molar-refractivity contribution in [2.24, 2.45) is 5.92 Å². The monoisotopic (exact) mass is 732 g/mol. The van der Waals surface area contributed by atoms with Gasteiger partial charge in [0.25, 0.3) is 5.91 Å². The van der Waals surface area contributed by atoms with Crippen molar-refractivity contribution in [1.29, 1.82) is 0 Å². The minimum absolute atomic E-state index is 0.0629. The lowest BCUT2D eigenvalue weighted by Crippen LogP contribution is -2.44. The molecule has 3 amide bonds. The standard InChI is InChI=1S/C41H48N8O5/c1-27(9-5-6-22-48-25-36(46-47-48)32(26-50)29-10-3-2-4-11-29)41(54)33-23-31(45-39(52)35-13-8-21-43-35)18-19-37(33)49(40(41)53)24-28-14-16-30(17-15-28)44-38(51)34-12-7-20-42-34/h2-5,9-11,14-19,23,25,27,32,34-35,42-43,50,54H,6-8,12-13,20-22,24,26H2,1H3,(H,44,51)(H,45,52)/b9-5+/t27-,32?,34-,35-,41+/m1/s1. The molecule has 0 spiro atoms. The Labute approximate surface area is 314 Å². The number of benzene rings is 3. The van der Waals surface area contributed by atoms with E-state index in [4.69, 9.17) is 0 Å². The van der Waals surface area contributed by atoms with Crippen molar-refractivity contribution in [3.8, 4) is 0 Å². The minimum atomic E-state index is -1.90. The van der Waals surface area contributed by atoms with Crippen LogP contribution in [0.1, 0.15) is 67.3 Å². The Hall–Kier alpha value is -5.21. The highest BCUT2D eigenvalue weighted by molar-refractivity contribution is 6.08. The number of hydrogen-bond donors (Lipinski definition) is 6. The van der Waals surface area contributed by atoms with Gasteiger partial charge in [-0.1, -0.05) is 66.8 Å². The summed E-state index contributed by atoms with van der Waals surface area (Å²) in [5.41, 5.74) is 2.73. The second kappa shape index (κ2) is 16.4. The molecular weight excluding hydrogens is 685 g/mol. The van der Waals surface area contributed by atoms with E-state index in [1.807, 2.05) is 79.9 Å². The second-order valence-corrected chi connectivity index (χ2v) is 14.4. The molecule has 0 radical (unpaired) electrons. The number of rotatable bonds is 14. The molecule has 3 aliphatic rings. The maximum atomic E-state index is 14.3. The SMILES string of the molecule is C[C@H](/C=C/CCn1cc(C(CO)c2ccccc2)nn1)[C@@]1(O)C(=O)N(Cc2ccc(NC(=O)[C@H]3CCCN3)cc2)c2ccc(NC(=O)[C@H]3CCCN3)cc21. The lowest BCUT2D eigenvalue weighted by molar-refractivity contribution is -0.139. The van der Waals surface area contributed by atoms with Crippen molar-refractivity contribution < 1.29 is 24.6 Å². The molecule has 4 aromatic rings. The number of aryl methyl sites for hydroxylation is 1. The number of aromatic nitrogens is 3. The Kier molecular flexibility index (Phi) is 11.3. The Morgan fingerprint density at radius 1 is 0.963 bits per heavy atom. The van der Waals surface area contributed by atoms with Crippen LogP contribution in [0, 0.1) is 5.92 Å². The number of carbonyl (C=O) groups is 3. The number of allylic oxidation sites excluding steroid dienone is 1. The van der Waals surface area contributed by atoms with Gasteiger partial charge >= 0.3 is 0 Å². The topological polar surface area (TPSA) is 174 Å². The fourth-order valence-corrected chi connectivity index (χ4v) is 7.62. The summed E-state index contributed by atoms with van der Waals surface area (Å²) in [5.74, 6) is -1.57. The van der Waals surface area contributed by atoms with Crippen LogP contribution >= 0.6 is 0 Å².